The third kappa shape index (κ3) is 5.46. The monoisotopic (exact) mass is 491 g/mol. The molecule has 1 aliphatic rings. The van der Waals surface area contributed by atoms with Gasteiger partial charge in [0, 0.05) is 49.4 Å². The number of carbonyl (C=O) groups is 1. The van der Waals surface area contributed by atoms with Crippen LogP contribution >= 0.6 is 0 Å². The van der Waals surface area contributed by atoms with Gasteiger partial charge in [0.2, 0.25) is 0 Å². The first-order valence-corrected chi connectivity index (χ1v) is 12.9. The lowest BCUT2D eigenvalue weighted by atomic mass is 10.1. The van der Waals surface area contributed by atoms with Crippen LogP contribution in [-0.2, 0) is 6.54 Å². The molecule has 7 heteroatoms. The highest BCUT2D eigenvalue weighted by Crippen LogP contribution is 2.31. The Morgan fingerprint density at radius 3 is 2.25 bits per heavy atom. The molecule has 2 heterocycles. The SMILES string of the molecule is Cc1ccc(C(=O)N(Cc2c(C)nn(-c3cccc(F)c3)c2N2CCN(C(C)C)CC2)C(C)C)cc1. The van der Waals surface area contributed by atoms with Gasteiger partial charge in [-0.3, -0.25) is 9.69 Å². The number of rotatable bonds is 7. The number of halogens is 1. The van der Waals surface area contributed by atoms with Crippen LogP contribution in [0.1, 0.15) is 54.9 Å². The minimum atomic E-state index is -0.295. The van der Waals surface area contributed by atoms with E-state index in [2.05, 4.69) is 23.6 Å². The van der Waals surface area contributed by atoms with Crippen LogP contribution in [0.5, 0.6) is 0 Å². The van der Waals surface area contributed by atoms with Crippen molar-refractivity contribution in [3.8, 4) is 5.69 Å². The molecule has 0 aliphatic carbocycles. The predicted octanol–water partition coefficient (Wildman–Crippen LogP) is 5.21. The van der Waals surface area contributed by atoms with Gasteiger partial charge in [-0.05, 0) is 71.9 Å². The Labute approximate surface area is 214 Å². The van der Waals surface area contributed by atoms with Gasteiger partial charge in [-0.1, -0.05) is 23.8 Å². The maximum atomic E-state index is 14.2. The number of hydrogen-bond donors (Lipinski definition) is 0. The van der Waals surface area contributed by atoms with Gasteiger partial charge in [0.15, 0.2) is 0 Å². The van der Waals surface area contributed by atoms with E-state index in [-0.39, 0.29) is 17.8 Å². The van der Waals surface area contributed by atoms with Gasteiger partial charge in [0.25, 0.3) is 5.91 Å². The van der Waals surface area contributed by atoms with Gasteiger partial charge in [0.1, 0.15) is 11.6 Å². The van der Waals surface area contributed by atoms with Gasteiger partial charge in [0.05, 0.1) is 17.9 Å². The molecule has 6 nitrogen and oxygen atoms in total. The number of aromatic nitrogens is 2. The standard InChI is InChI=1S/C29H38FN5O/c1-20(2)32-14-16-33(17-15-32)28-27(23(6)31-35(28)26-9-7-8-25(30)18-26)19-34(21(3)4)29(36)24-12-10-22(5)11-13-24/h7-13,18,20-21H,14-17,19H2,1-6H3. The zero-order chi connectivity index (χ0) is 26.0. The third-order valence-electron chi connectivity index (χ3n) is 7.07. The number of aryl methyl sites for hydroxylation is 2. The van der Waals surface area contributed by atoms with Gasteiger partial charge >= 0.3 is 0 Å². The van der Waals surface area contributed by atoms with Gasteiger partial charge < -0.3 is 9.80 Å². The van der Waals surface area contributed by atoms with Crippen LogP contribution in [0, 0.1) is 19.7 Å². The van der Waals surface area contributed by atoms with Crippen molar-refractivity contribution >= 4 is 11.7 Å². The van der Waals surface area contributed by atoms with Gasteiger partial charge in [-0.25, -0.2) is 9.07 Å². The molecule has 1 saturated heterocycles. The van der Waals surface area contributed by atoms with Crippen molar-refractivity contribution in [2.45, 2.75) is 60.2 Å². The molecule has 0 atom stereocenters. The second kappa shape index (κ2) is 10.8. The third-order valence-corrected chi connectivity index (χ3v) is 7.07. The summed E-state index contributed by atoms with van der Waals surface area (Å²) in [5.41, 5.74) is 4.34. The highest BCUT2D eigenvalue weighted by molar-refractivity contribution is 5.94. The Morgan fingerprint density at radius 1 is 1.00 bits per heavy atom. The first kappa shape index (κ1) is 25.9. The van der Waals surface area contributed by atoms with Crippen molar-refractivity contribution in [3.05, 3.63) is 76.7 Å². The first-order valence-electron chi connectivity index (χ1n) is 12.9. The molecule has 0 bridgehead atoms. The minimum absolute atomic E-state index is 0.00126. The lowest BCUT2D eigenvalue weighted by molar-refractivity contribution is 0.0690. The molecular formula is C29H38FN5O. The average molecular weight is 492 g/mol. The zero-order valence-corrected chi connectivity index (χ0v) is 22.3. The number of piperazine rings is 1. The molecule has 3 aromatic rings. The van der Waals surface area contributed by atoms with Crippen molar-refractivity contribution < 1.29 is 9.18 Å². The second-order valence-corrected chi connectivity index (χ2v) is 10.3. The average Bonchev–Trinajstić information content (AvgIpc) is 3.18. The number of anilines is 1. The molecule has 1 amide bonds. The van der Waals surface area contributed by atoms with E-state index >= 15 is 0 Å². The molecule has 192 valence electrons. The fraction of sp³-hybridized carbons (Fsp3) is 0.448. The Bertz CT molecular complexity index is 1190. The molecule has 0 unspecified atom stereocenters. The van der Waals surface area contributed by atoms with Crippen LogP contribution in [0.3, 0.4) is 0 Å². The molecule has 0 N–H and O–H groups in total. The summed E-state index contributed by atoms with van der Waals surface area (Å²) in [7, 11) is 0. The van der Waals surface area contributed by atoms with E-state index in [1.54, 1.807) is 6.07 Å². The topological polar surface area (TPSA) is 44.6 Å². The smallest absolute Gasteiger partial charge is 0.254 e. The fourth-order valence-electron chi connectivity index (χ4n) is 4.82. The summed E-state index contributed by atoms with van der Waals surface area (Å²) in [6.07, 6.45) is 0. The van der Waals surface area contributed by atoms with Gasteiger partial charge in [-0.15, -0.1) is 0 Å². The molecule has 0 radical (unpaired) electrons. The van der Waals surface area contributed by atoms with Crippen LogP contribution in [0.2, 0.25) is 0 Å². The number of amides is 1. The summed E-state index contributed by atoms with van der Waals surface area (Å²) < 4.78 is 16.1. The van der Waals surface area contributed by atoms with E-state index in [1.807, 2.05) is 67.6 Å². The van der Waals surface area contributed by atoms with E-state index in [1.165, 1.54) is 12.1 Å². The Kier molecular flexibility index (Phi) is 7.79. The minimum Gasteiger partial charge on any atom is -0.354 e. The van der Waals surface area contributed by atoms with Crippen molar-refractivity contribution in [1.29, 1.82) is 0 Å². The van der Waals surface area contributed by atoms with Crippen LogP contribution < -0.4 is 4.90 Å². The molecule has 2 aromatic carbocycles. The number of benzene rings is 2. The van der Waals surface area contributed by atoms with Crippen molar-refractivity contribution in [1.82, 2.24) is 19.6 Å². The fourth-order valence-corrected chi connectivity index (χ4v) is 4.82. The molecule has 1 fully saturated rings. The van der Waals surface area contributed by atoms with E-state index < -0.39 is 0 Å². The van der Waals surface area contributed by atoms with Crippen molar-refractivity contribution in [3.63, 3.8) is 0 Å². The van der Waals surface area contributed by atoms with E-state index in [9.17, 15) is 9.18 Å². The molecule has 0 spiro atoms. The Hall–Kier alpha value is -3.19. The summed E-state index contributed by atoms with van der Waals surface area (Å²) in [6.45, 7) is 16.5. The van der Waals surface area contributed by atoms with Crippen LogP contribution in [-0.4, -0.2) is 63.8 Å². The van der Waals surface area contributed by atoms with Gasteiger partial charge in [-0.2, -0.15) is 5.10 Å². The maximum absolute atomic E-state index is 14.2. The van der Waals surface area contributed by atoms with E-state index in [0.717, 1.165) is 48.8 Å². The summed E-state index contributed by atoms with van der Waals surface area (Å²) in [4.78, 5) is 20.3. The zero-order valence-electron chi connectivity index (χ0n) is 22.3. The second-order valence-electron chi connectivity index (χ2n) is 10.3. The highest BCUT2D eigenvalue weighted by Gasteiger charge is 2.29. The maximum Gasteiger partial charge on any atom is 0.254 e. The van der Waals surface area contributed by atoms with E-state index in [0.29, 0.717) is 23.8 Å². The largest absolute Gasteiger partial charge is 0.354 e. The molecule has 4 rings (SSSR count). The lowest BCUT2D eigenvalue weighted by Crippen LogP contribution is -2.49. The normalized spacial score (nSPS) is 14.6. The van der Waals surface area contributed by atoms with Crippen molar-refractivity contribution in [2.24, 2.45) is 0 Å². The number of carbonyl (C=O) groups excluding carboxylic acids is 1. The lowest BCUT2D eigenvalue weighted by Gasteiger charge is -2.39. The van der Waals surface area contributed by atoms with Crippen LogP contribution in [0.15, 0.2) is 48.5 Å². The van der Waals surface area contributed by atoms with Crippen LogP contribution in [0.4, 0.5) is 10.2 Å². The first-order chi connectivity index (χ1) is 17.2. The highest BCUT2D eigenvalue weighted by atomic mass is 19.1. The van der Waals surface area contributed by atoms with Crippen molar-refractivity contribution in [2.75, 3.05) is 31.1 Å². The number of nitrogens with zero attached hydrogens (tertiary/aromatic N) is 5. The predicted molar refractivity (Wildman–Crippen MR) is 143 cm³/mol. The summed E-state index contributed by atoms with van der Waals surface area (Å²) in [6, 6.07) is 14.8. The quantitative estimate of drug-likeness (QED) is 0.455. The molecule has 1 aliphatic heterocycles. The molecular weight excluding hydrogens is 453 g/mol. The molecule has 1 aromatic heterocycles. The van der Waals surface area contributed by atoms with Crippen LogP contribution in [0.25, 0.3) is 5.69 Å². The Balaban J connectivity index is 1.74. The summed E-state index contributed by atoms with van der Waals surface area (Å²) in [5.74, 6) is 0.651. The van der Waals surface area contributed by atoms with E-state index in [4.69, 9.17) is 5.10 Å². The summed E-state index contributed by atoms with van der Waals surface area (Å²) >= 11 is 0. The summed E-state index contributed by atoms with van der Waals surface area (Å²) in [5, 5.41) is 4.86. The number of hydrogen-bond acceptors (Lipinski definition) is 4. The molecule has 36 heavy (non-hydrogen) atoms. The Morgan fingerprint density at radius 2 is 1.67 bits per heavy atom. The molecule has 0 saturated carbocycles.